The van der Waals surface area contributed by atoms with Gasteiger partial charge in [0.25, 0.3) is 5.91 Å². The van der Waals surface area contributed by atoms with Gasteiger partial charge in [0.15, 0.2) is 34.4 Å². The molecule has 6 N–H and O–H groups in total. The van der Waals surface area contributed by atoms with Crippen LogP contribution in [0.2, 0.25) is 0 Å². The van der Waals surface area contributed by atoms with Crippen LogP contribution < -0.4 is 63.2 Å². The van der Waals surface area contributed by atoms with Crippen LogP contribution in [0.25, 0.3) is 73.7 Å². The van der Waals surface area contributed by atoms with Gasteiger partial charge in [0.1, 0.15) is 77.6 Å². The van der Waals surface area contributed by atoms with E-state index in [-0.39, 0.29) is 53.3 Å². The molecular formula is C99H92FN21O9. The molecule has 7 heterocycles. The number of nitrogens with zero attached hydrogens (tertiary/aromatic N) is 18. The molecule has 0 bridgehead atoms. The number of imidazole rings is 3. The zero-order chi connectivity index (χ0) is 90.6. The van der Waals surface area contributed by atoms with E-state index < -0.39 is 11.4 Å². The predicted molar refractivity (Wildman–Crippen MR) is 502 cm³/mol. The van der Waals surface area contributed by atoms with Gasteiger partial charge in [-0.3, -0.25) is 42.9 Å². The number of para-hydroxylation sites is 1. The molecule has 2 aliphatic carbocycles. The zero-order valence-electron chi connectivity index (χ0n) is 72.0. The summed E-state index contributed by atoms with van der Waals surface area (Å²) >= 11 is 0. The Balaban J connectivity index is 0.000000143. The second-order valence-corrected chi connectivity index (χ2v) is 31.2. The summed E-state index contributed by atoms with van der Waals surface area (Å²) in [6.07, 6.45) is 20.5. The van der Waals surface area contributed by atoms with Crippen molar-refractivity contribution in [3.8, 4) is 57.1 Å². The van der Waals surface area contributed by atoms with Crippen molar-refractivity contribution in [3.05, 3.63) is 358 Å². The average molecular weight is 1740 g/mol. The van der Waals surface area contributed by atoms with Crippen molar-refractivity contribution in [1.82, 2.24) is 72.1 Å². The molecule has 2 aliphatic rings. The number of hydrogen-bond donors (Lipinski definition) is 3. The van der Waals surface area contributed by atoms with Gasteiger partial charge in [0.05, 0.1) is 39.8 Å². The van der Waals surface area contributed by atoms with E-state index in [1.54, 1.807) is 184 Å². The quantitative estimate of drug-likeness (QED) is 0.0403. The predicted octanol–water partition coefficient (Wildman–Crippen LogP) is 14.2. The molecule has 0 saturated heterocycles. The van der Waals surface area contributed by atoms with Crippen LogP contribution in [0.4, 0.5) is 38.9 Å². The molecule has 0 radical (unpaired) electrons. The molecule has 7 aromatic heterocycles. The van der Waals surface area contributed by atoms with E-state index in [0.29, 0.717) is 144 Å². The lowest BCUT2D eigenvalue weighted by Gasteiger charge is -2.17. The maximum atomic E-state index is 14.0. The molecule has 9 aromatic carbocycles. The third kappa shape index (κ3) is 19.7. The number of anilines is 6. The highest BCUT2D eigenvalue weighted by Gasteiger charge is 2.29. The van der Waals surface area contributed by atoms with E-state index in [9.17, 15) is 33.2 Å². The summed E-state index contributed by atoms with van der Waals surface area (Å²) in [5.74, 6) is 2.10. The molecule has 18 rings (SSSR count). The first-order chi connectivity index (χ1) is 63.1. The summed E-state index contributed by atoms with van der Waals surface area (Å²) in [5.41, 5.74) is 28.5. The number of benzene rings is 9. The summed E-state index contributed by atoms with van der Waals surface area (Å²) in [6, 6.07) is 73.1. The molecule has 654 valence electrons. The Labute approximate surface area is 746 Å². The number of aryl methyl sites for hydroxylation is 1. The molecule has 30 nitrogen and oxygen atoms in total. The Morgan fingerprint density at radius 2 is 0.769 bits per heavy atom. The van der Waals surface area contributed by atoms with E-state index >= 15 is 0 Å². The number of likely N-dealkylation sites (N-methyl/N-ethyl adjacent to an activating group) is 5. The number of nitrogens with two attached hydrogens (primary N) is 3. The minimum absolute atomic E-state index is 0.141. The molecule has 2 saturated carbocycles. The van der Waals surface area contributed by atoms with Crippen molar-refractivity contribution in [2.24, 2.45) is 0 Å². The van der Waals surface area contributed by atoms with Crippen LogP contribution in [0.1, 0.15) is 48.1 Å². The van der Waals surface area contributed by atoms with Gasteiger partial charge in [0.2, 0.25) is 11.8 Å². The van der Waals surface area contributed by atoms with Gasteiger partial charge in [0, 0.05) is 87.8 Å². The second-order valence-electron chi connectivity index (χ2n) is 31.2. The maximum absolute atomic E-state index is 14.0. The van der Waals surface area contributed by atoms with Crippen molar-refractivity contribution in [1.29, 1.82) is 0 Å². The molecule has 16 aromatic rings. The number of nitrogen functional groups attached to an aromatic ring is 3. The van der Waals surface area contributed by atoms with E-state index in [1.807, 2.05) is 110 Å². The van der Waals surface area contributed by atoms with E-state index in [1.165, 1.54) is 106 Å². The molecular weight excluding hydrogens is 1650 g/mol. The van der Waals surface area contributed by atoms with Crippen LogP contribution in [-0.2, 0) is 27.6 Å². The highest BCUT2D eigenvalue weighted by Crippen LogP contribution is 2.33. The fourth-order valence-corrected chi connectivity index (χ4v) is 14.8. The molecule has 2 fully saturated rings. The van der Waals surface area contributed by atoms with Gasteiger partial charge in [-0.2, -0.15) is 0 Å². The van der Waals surface area contributed by atoms with Crippen LogP contribution in [0.15, 0.2) is 313 Å². The smallest absolute Gasteiger partial charge is 0.339 e. The summed E-state index contributed by atoms with van der Waals surface area (Å²) in [7, 11) is 9.20. The van der Waals surface area contributed by atoms with Crippen LogP contribution in [0.3, 0.4) is 0 Å². The lowest BCUT2D eigenvalue weighted by Crippen LogP contribution is -2.26. The fourth-order valence-electron chi connectivity index (χ4n) is 14.8. The minimum atomic E-state index is -0.408. The van der Waals surface area contributed by atoms with Crippen LogP contribution >= 0.6 is 0 Å². The maximum Gasteiger partial charge on any atom is 0.339 e. The topological polar surface area (TPSA) is 344 Å². The molecule has 0 unspecified atom stereocenters. The van der Waals surface area contributed by atoms with Gasteiger partial charge >= 0.3 is 17.1 Å². The van der Waals surface area contributed by atoms with Crippen molar-refractivity contribution in [3.63, 3.8) is 0 Å². The largest absolute Gasteiger partial charge is 0.489 e. The van der Waals surface area contributed by atoms with Gasteiger partial charge in [-0.05, 0) is 228 Å². The van der Waals surface area contributed by atoms with Crippen LogP contribution in [0, 0.1) is 12.7 Å². The highest BCUT2D eigenvalue weighted by atomic mass is 19.1. The Morgan fingerprint density at radius 1 is 0.392 bits per heavy atom. The molecule has 0 aliphatic heterocycles. The minimum Gasteiger partial charge on any atom is -0.489 e. The SMILES string of the molecule is CN(C(=O)/C=C/CN(C)C1CC1)c1cccc(-n2c(=O)n(-c3ccc(OCc4cccc(F)c4)cc3)c3c(N)ncnc32)c1.CN(C(=O)/C=C/c1ccccn1)c1cccc(-n2c(=O)n(-c3ccc(Oc4ccccc4)cc3)c3c(N)ncnc32)c1.Cc1cccc(COc2ccc(-n3c(=O)n(-c4cccc(N(C)C(=O)/C=C/CN(C)C5CC5)c4)c4ncnc(N)c43)cc2)c1. The number of aromatic nitrogens is 13. The number of ether oxygens (including phenoxy) is 3. The fraction of sp³-hybridized carbons (Fsp3) is 0.162. The van der Waals surface area contributed by atoms with Crippen molar-refractivity contribution < 1.29 is 33.0 Å². The Bertz CT molecular complexity index is 6850. The number of carbonyl (C=O) groups is 3. The van der Waals surface area contributed by atoms with Gasteiger partial charge in [-0.15, -0.1) is 0 Å². The van der Waals surface area contributed by atoms with Crippen LogP contribution in [0.5, 0.6) is 23.0 Å². The molecule has 3 amide bonds. The molecule has 0 atom stereocenters. The lowest BCUT2D eigenvalue weighted by atomic mass is 10.1. The molecule has 130 heavy (non-hydrogen) atoms. The zero-order valence-corrected chi connectivity index (χ0v) is 72.0. The first kappa shape index (κ1) is 87.0. The van der Waals surface area contributed by atoms with E-state index in [2.05, 4.69) is 64.8 Å². The standard InChI is InChI=1S/C34H35N7O3.C33H32FN7O3.C32H25N7O3/c1-23-7-4-8-24(19-23)21-44-29-16-14-26(15-17-29)40-31-32(35)36-22-37-33(31)41(34(40)43)28-10-5-9-27(20-28)39(3)30(42)11-6-18-38(2)25-12-13-25;1-38(24-11-12-24)17-5-10-29(42)39(2)26-8-4-9-27(19-26)41-32-30(31(35)36-21-37-32)40(33(41)43)25-13-15-28(16-14-25)44-20-22-6-3-7-23(34)18-22;1-37(28(40)18-13-22-8-5-6-19-34-22)24-9-7-10-25(20-24)39-31-29(30(33)35-21-36-31)38(32(39)41)23-14-16-27(17-15-23)42-26-11-3-2-4-12-26/h4-11,14-17,19-20,22,25H,12-13,18,21H2,1-3H3,(H2,35,36,37);3-10,13-16,18-19,21,24H,11-12,17,20H2,1-2H3,(H2,35,36,37);2-21H,1H3,(H2,33,35,36)/b11-6+;10-5+;18-13+. The van der Waals surface area contributed by atoms with Gasteiger partial charge < -0.3 is 46.1 Å². The van der Waals surface area contributed by atoms with E-state index in [4.69, 9.17) is 31.4 Å². The average Bonchev–Trinajstić information content (AvgIpc) is 1.60. The van der Waals surface area contributed by atoms with E-state index in [0.717, 1.165) is 12.1 Å². The number of pyridine rings is 1. The van der Waals surface area contributed by atoms with Crippen molar-refractivity contribution >= 4 is 91.8 Å². The number of amides is 3. The summed E-state index contributed by atoms with van der Waals surface area (Å²) in [4.78, 5) is 120. The number of carbonyl (C=O) groups excluding carboxylic acids is 3. The Morgan fingerprint density at radius 3 is 1.16 bits per heavy atom. The highest BCUT2D eigenvalue weighted by molar-refractivity contribution is 6.04. The number of fused-ring (bicyclic) bond motifs is 3. The molecule has 0 spiro atoms. The Hall–Kier alpha value is -16.5. The number of halogens is 1. The van der Waals surface area contributed by atoms with Gasteiger partial charge in [-0.1, -0.05) is 96.6 Å². The third-order valence-electron chi connectivity index (χ3n) is 22.1. The Kier molecular flexibility index (Phi) is 26.0. The summed E-state index contributed by atoms with van der Waals surface area (Å²) in [6.45, 7) is 4.10. The first-order valence-electron chi connectivity index (χ1n) is 41.9. The van der Waals surface area contributed by atoms with Gasteiger partial charge in [-0.25, -0.2) is 62.4 Å². The summed E-state index contributed by atoms with van der Waals surface area (Å²) in [5, 5.41) is 0. The normalized spacial score (nSPS) is 12.5. The van der Waals surface area contributed by atoms with Crippen LogP contribution in [-0.4, -0.2) is 150 Å². The third-order valence-corrected chi connectivity index (χ3v) is 22.1. The monoisotopic (exact) mass is 1740 g/mol. The van der Waals surface area contributed by atoms with Crippen molar-refractivity contribution in [2.45, 2.75) is 57.9 Å². The number of hydrogen-bond acceptors (Lipinski definition) is 21. The lowest BCUT2D eigenvalue weighted by molar-refractivity contribution is -0.114. The van der Waals surface area contributed by atoms with Crippen molar-refractivity contribution in [2.75, 3.05) is 80.2 Å². The molecule has 31 heteroatoms. The summed E-state index contributed by atoms with van der Waals surface area (Å²) < 4.78 is 40.0. The second kappa shape index (κ2) is 38.9. The number of rotatable bonds is 27. The first-order valence-corrected chi connectivity index (χ1v) is 41.9.